The molecule has 1 aromatic carbocycles. The lowest BCUT2D eigenvalue weighted by molar-refractivity contribution is -0.143. The Labute approximate surface area is 160 Å². The molecule has 8 heteroatoms. The number of aryl methyl sites for hydroxylation is 2. The molecule has 1 atom stereocenters. The fourth-order valence-corrected chi connectivity index (χ4v) is 3.32. The summed E-state index contributed by atoms with van der Waals surface area (Å²) in [6.07, 6.45) is 1.60. The number of nitrogens with zero attached hydrogens (tertiary/aromatic N) is 2. The van der Waals surface area contributed by atoms with Crippen LogP contribution in [0, 0.1) is 6.92 Å². The van der Waals surface area contributed by atoms with Gasteiger partial charge in [0.1, 0.15) is 22.9 Å². The molecule has 0 aliphatic heterocycles. The zero-order valence-corrected chi connectivity index (χ0v) is 15.9. The first-order valence-electron chi connectivity index (χ1n) is 8.83. The Bertz CT molecular complexity index is 1100. The Morgan fingerprint density at radius 1 is 1.29 bits per heavy atom. The van der Waals surface area contributed by atoms with E-state index in [0.29, 0.717) is 5.56 Å². The van der Waals surface area contributed by atoms with E-state index < -0.39 is 22.9 Å². The van der Waals surface area contributed by atoms with Crippen molar-refractivity contribution >= 4 is 23.0 Å². The van der Waals surface area contributed by atoms with Crippen LogP contribution < -0.4 is 10.9 Å². The summed E-state index contributed by atoms with van der Waals surface area (Å²) in [7, 11) is 1.53. The highest BCUT2D eigenvalue weighted by Crippen LogP contribution is 2.28. The van der Waals surface area contributed by atoms with Crippen LogP contribution >= 0.6 is 0 Å². The van der Waals surface area contributed by atoms with Crippen molar-refractivity contribution in [3.8, 4) is 0 Å². The molecule has 0 bridgehead atoms. The van der Waals surface area contributed by atoms with Crippen molar-refractivity contribution in [2.45, 2.75) is 25.7 Å². The van der Waals surface area contributed by atoms with Crippen molar-refractivity contribution in [3.63, 3.8) is 0 Å². The van der Waals surface area contributed by atoms with Gasteiger partial charge < -0.3 is 19.4 Å². The summed E-state index contributed by atoms with van der Waals surface area (Å²) in [5.74, 6) is -1.36. The summed E-state index contributed by atoms with van der Waals surface area (Å²) in [6, 6.07) is 8.76. The quantitative estimate of drug-likeness (QED) is 0.673. The van der Waals surface area contributed by atoms with Crippen LogP contribution in [0.25, 0.3) is 11.1 Å². The van der Waals surface area contributed by atoms with Gasteiger partial charge in [0.15, 0.2) is 0 Å². The predicted octanol–water partition coefficient (Wildman–Crippen LogP) is 2.00. The molecule has 0 aliphatic rings. The first-order valence-corrected chi connectivity index (χ1v) is 8.83. The van der Waals surface area contributed by atoms with E-state index in [-0.39, 0.29) is 35.4 Å². The van der Waals surface area contributed by atoms with Gasteiger partial charge in [-0.3, -0.25) is 14.4 Å². The number of hydrogen-bond donors (Lipinski definition) is 2. The molecule has 2 heterocycles. The highest BCUT2D eigenvalue weighted by atomic mass is 16.4. The molecule has 146 valence electrons. The average molecular weight is 383 g/mol. The monoisotopic (exact) mass is 383 g/mol. The summed E-state index contributed by atoms with van der Waals surface area (Å²) < 4.78 is 6.70. The number of hydrogen-bond acceptors (Lipinski definition) is 5. The van der Waals surface area contributed by atoms with Crippen LogP contribution in [0.3, 0.4) is 0 Å². The Hall–Kier alpha value is -3.42. The van der Waals surface area contributed by atoms with Gasteiger partial charge in [-0.15, -0.1) is 0 Å². The van der Waals surface area contributed by atoms with Gasteiger partial charge in [-0.25, -0.2) is 4.98 Å². The van der Waals surface area contributed by atoms with Crippen LogP contribution in [0.4, 0.5) is 0 Å². The second-order valence-electron chi connectivity index (χ2n) is 6.66. The van der Waals surface area contributed by atoms with E-state index >= 15 is 0 Å². The molecule has 3 rings (SSSR count). The van der Waals surface area contributed by atoms with Gasteiger partial charge in [0.2, 0.25) is 5.71 Å². The molecule has 3 aromatic rings. The maximum absolute atomic E-state index is 12.9. The van der Waals surface area contributed by atoms with Crippen LogP contribution in [-0.2, 0) is 17.3 Å². The largest absolute Gasteiger partial charge is 0.481 e. The third-order valence-corrected chi connectivity index (χ3v) is 5.07. The van der Waals surface area contributed by atoms with Crippen molar-refractivity contribution in [2.24, 2.45) is 7.05 Å². The lowest BCUT2D eigenvalue weighted by atomic mass is 9.78. The van der Waals surface area contributed by atoms with Gasteiger partial charge in [0.25, 0.3) is 11.5 Å². The van der Waals surface area contributed by atoms with Gasteiger partial charge in [-0.1, -0.05) is 37.3 Å². The van der Waals surface area contributed by atoms with Gasteiger partial charge in [-0.05, 0) is 18.9 Å². The van der Waals surface area contributed by atoms with Crippen molar-refractivity contribution in [1.29, 1.82) is 0 Å². The molecule has 28 heavy (non-hydrogen) atoms. The summed E-state index contributed by atoms with van der Waals surface area (Å²) in [5.41, 5.74) is -0.944. The number of furan rings is 1. The van der Waals surface area contributed by atoms with Crippen LogP contribution in [-0.4, -0.2) is 33.1 Å². The molecule has 0 aliphatic carbocycles. The number of carbonyl (C=O) groups is 2. The second-order valence-corrected chi connectivity index (χ2v) is 6.66. The molecule has 1 unspecified atom stereocenters. The molecule has 0 radical (unpaired) electrons. The number of nitrogens with one attached hydrogen (secondary N) is 1. The lowest BCUT2D eigenvalue weighted by Crippen LogP contribution is -2.46. The molecular formula is C20H21N3O5. The van der Waals surface area contributed by atoms with Crippen LogP contribution in [0.2, 0.25) is 0 Å². The Morgan fingerprint density at radius 2 is 1.96 bits per heavy atom. The van der Waals surface area contributed by atoms with Gasteiger partial charge in [0.05, 0.1) is 5.56 Å². The van der Waals surface area contributed by atoms with E-state index in [1.54, 1.807) is 44.2 Å². The Balaban J connectivity index is 1.98. The maximum Gasteiger partial charge on any atom is 0.315 e. The number of carboxylic acids is 1. The normalized spacial score (nSPS) is 13.2. The number of amides is 1. The zero-order chi connectivity index (χ0) is 20.5. The molecule has 2 aromatic heterocycles. The van der Waals surface area contributed by atoms with Gasteiger partial charge in [-0.2, -0.15) is 0 Å². The number of fused-ring (bicyclic) bond motifs is 1. The maximum atomic E-state index is 12.9. The van der Waals surface area contributed by atoms with Crippen molar-refractivity contribution in [3.05, 3.63) is 63.9 Å². The molecule has 0 saturated carbocycles. The van der Waals surface area contributed by atoms with E-state index in [1.165, 1.54) is 17.9 Å². The van der Waals surface area contributed by atoms with Crippen LogP contribution in [0.5, 0.6) is 0 Å². The Kier molecular flexibility index (Phi) is 5.04. The topological polar surface area (TPSA) is 114 Å². The minimum Gasteiger partial charge on any atom is -0.481 e. The summed E-state index contributed by atoms with van der Waals surface area (Å²) in [6.45, 7) is 3.19. The lowest BCUT2D eigenvalue weighted by Gasteiger charge is -2.29. The Morgan fingerprint density at radius 3 is 2.57 bits per heavy atom. The van der Waals surface area contributed by atoms with Gasteiger partial charge >= 0.3 is 5.97 Å². The first kappa shape index (κ1) is 19.3. The highest BCUT2D eigenvalue weighted by Gasteiger charge is 2.39. The smallest absolute Gasteiger partial charge is 0.315 e. The van der Waals surface area contributed by atoms with E-state index in [9.17, 15) is 19.5 Å². The van der Waals surface area contributed by atoms with E-state index in [4.69, 9.17) is 4.42 Å². The summed E-state index contributed by atoms with van der Waals surface area (Å²) in [4.78, 5) is 41.4. The van der Waals surface area contributed by atoms with Crippen LogP contribution in [0.15, 0.2) is 45.9 Å². The molecule has 1 amide bonds. The summed E-state index contributed by atoms with van der Waals surface area (Å²) >= 11 is 0. The molecule has 8 nitrogen and oxygen atoms in total. The molecular weight excluding hydrogens is 362 g/mol. The number of aliphatic carboxylic acids is 1. The molecule has 2 N–H and O–H groups in total. The second kappa shape index (κ2) is 7.30. The van der Waals surface area contributed by atoms with Gasteiger partial charge in [0, 0.05) is 13.6 Å². The minimum absolute atomic E-state index is 0.0761. The number of carboxylic acid groups (broad SMARTS) is 1. The fourth-order valence-electron chi connectivity index (χ4n) is 3.32. The number of benzene rings is 1. The first-order chi connectivity index (χ1) is 13.3. The highest BCUT2D eigenvalue weighted by molar-refractivity contribution is 6.06. The number of rotatable bonds is 6. The van der Waals surface area contributed by atoms with E-state index in [0.717, 1.165) is 0 Å². The van der Waals surface area contributed by atoms with E-state index in [1.807, 2.05) is 0 Å². The minimum atomic E-state index is -1.28. The van der Waals surface area contributed by atoms with Crippen molar-refractivity contribution in [2.75, 3.05) is 6.54 Å². The third-order valence-electron chi connectivity index (χ3n) is 5.07. The summed E-state index contributed by atoms with van der Waals surface area (Å²) in [5, 5.41) is 12.7. The van der Waals surface area contributed by atoms with E-state index in [2.05, 4.69) is 10.3 Å². The molecule has 0 spiro atoms. The average Bonchev–Trinajstić information content (AvgIpc) is 3.03. The number of aromatic nitrogens is 2. The predicted molar refractivity (Wildman–Crippen MR) is 102 cm³/mol. The number of carbonyl (C=O) groups excluding carboxylic acids is 1. The SMILES string of the molecule is CCC(CNC(=O)c1c(C)oc2ncn(C)c(=O)c12)(C(=O)O)c1ccccc1. The van der Waals surface area contributed by atoms with Crippen molar-refractivity contribution in [1.82, 2.24) is 14.9 Å². The standard InChI is InChI=1S/C20H21N3O5/c1-4-20(19(26)27,13-8-6-5-7-9-13)10-21-16(24)14-12(2)28-17-15(14)18(25)23(3)11-22-17/h5-9,11H,4,10H2,1-3H3,(H,21,24)(H,26,27). The molecule has 0 saturated heterocycles. The fraction of sp³-hybridized carbons (Fsp3) is 0.300. The zero-order valence-electron chi connectivity index (χ0n) is 15.9. The molecule has 0 fully saturated rings. The third kappa shape index (κ3) is 3.06. The van der Waals surface area contributed by atoms with Crippen LogP contribution in [0.1, 0.15) is 35.0 Å². The van der Waals surface area contributed by atoms with Crippen molar-refractivity contribution < 1.29 is 19.1 Å².